The standard InChI is InChI=1S/C22H20N4O4S/c1-30-12-13-31(28,29)18-9-6-16(7-10-18)22(27)25-17-8-11-21(23-14-17)26-15-24-19-4-2-3-5-20(19)26/h2-11,14-15H,12-13H2,1H3,(H,25,27). The van der Waals surface area contributed by atoms with Crippen LogP contribution in [0, 0.1) is 0 Å². The van der Waals surface area contributed by atoms with E-state index in [0.717, 1.165) is 11.0 Å². The van der Waals surface area contributed by atoms with E-state index >= 15 is 0 Å². The molecule has 0 spiro atoms. The van der Waals surface area contributed by atoms with Crippen molar-refractivity contribution in [2.75, 3.05) is 24.8 Å². The number of amides is 1. The summed E-state index contributed by atoms with van der Waals surface area (Å²) in [6.45, 7) is 0.114. The number of sulfone groups is 1. The Bertz CT molecular complexity index is 1310. The molecule has 4 aromatic rings. The van der Waals surface area contributed by atoms with Gasteiger partial charge in [0.2, 0.25) is 0 Å². The normalized spacial score (nSPS) is 11.5. The first kappa shape index (κ1) is 20.7. The minimum atomic E-state index is -3.44. The molecule has 4 rings (SSSR count). The van der Waals surface area contributed by atoms with E-state index in [4.69, 9.17) is 4.74 Å². The van der Waals surface area contributed by atoms with E-state index in [2.05, 4.69) is 15.3 Å². The quantitative estimate of drug-likeness (QED) is 0.478. The van der Waals surface area contributed by atoms with Gasteiger partial charge in [0.15, 0.2) is 9.84 Å². The zero-order chi connectivity index (χ0) is 21.8. The smallest absolute Gasteiger partial charge is 0.255 e. The molecule has 2 aromatic heterocycles. The van der Waals surface area contributed by atoms with Gasteiger partial charge in [0.05, 0.1) is 40.2 Å². The third-order valence-corrected chi connectivity index (χ3v) is 6.43. The summed E-state index contributed by atoms with van der Waals surface area (Å²) < 4.78 is 31.0. The summed E-state index contributed by atoms with van der Waals surface area (Å²) in [4.78, 5) is 21.4. The molecule has 0 aliphatic carbocycles. The number of imidazole rings is 1. The molecule has 0 unspecified atom stereocenters. The van der Waals surface area contributed by atoms with Gasteiger partial charge >= 0.3 is 0 Å². The number of carbonyl (C=O) groups excluding carboxylic acids is 1. The molecule has 2 aromatic carbocycles. The lowest BCUT2D eigenvalue weighted by atomic mass is 10.2. The summed E-state index contributed by atoms with van der Waals surface area (Å²) in [7, 11) is -1.99. The molecule has 0 bridgehead atoms. The Balaban J connectivity index is 1.46. The van der Waals surface area contributed by atoms with Crippen molar-refractivity contribution in [3.8, 4) is 5.82 Å². The number of pyridine rings is 1. The first-order valence-corrected chi connectivity index (χ1v) is 11.1. The largest absolute Gasteiger partial charge is 0.384 e. The third kappa shape index (κ3) is 4.47. The predicted molar refractivity (Wildman–Crippen MR) is 117 cm³/mol. The molecule has 0 aliphatic heterocycles. The highest BCUT2D eigenvalue weighted by Gasteiger charge is 2.15. The molecule has 158 valence electrons. The molecule has 0 radical (unpaired) electrons. The van der Waals surface area contributed by atoms with Crippen molar-refractivity contribution >= 4 is 32.5 Å². The number of anilines is 1. The average Bonchev–Trinajstić information content (AvgIpc) is 3.22. The van der Waals surface area contributed by atoms with Crippen molar-refractivity contribution in [2.24, 2.45) is 0 Å². The van der Waals surface area contributed by atoms with Crippen LogP contribution < -0.4 is 5.32 Å². The predicted octanol–water partition coefficient (Wildman–Crippen LogP) is 3.09. The number of rotatable bonds is 7. The Kier molecular flexibility index (Phi) is 5.79. The second-order valence-electron chi connectivity index (χ2n) is 6.80. The number of aromatic nitrogens is 3. The van der Waals surface area contributed by atoms with Gasteiger partial charge in [0.25, 0.3) is 5.91 Å². The summed E-state index contributed by atoms with van der Waals surface area (Å²) in [5.41, 5.74) is 2.67. The van der Waals surface area contributed by atoms with Gasteiger partial charge in [0, 0.05) is 12.7 Å². The number of nitrogens with one attached hydrogen (secondary N) is 1. The fourth-order valence-corrected chi connectivity index (χ4v) is 4.24. The molecule has 0 aliphatic rings. The maximum Gasteiger partial charge on any atom is 0.255 e. The van der Waals surface area contributed by atoms with Crippen LogP contribution in [0.25, 0.3) is 16.9 Å². The Morgan fingerprint density at radius 3 is 2.52 bits per heavy atom. The van der Waals surface area contributed by atoms with Crippen LogP contribution >= 0.6 is 0 Å². The second kappa shape index (κ2) is 8.66. The lowest BCUT2D eigenvalue weighted by Gasteiger charge is -2.08. The first-order chi connectivity index (χ1) is 15.0. The molecular weight excluding hydrogens is 416 g/mol. The van der Waals surface area contributed by atoms with Crippen molar-refractivity contribution in [3.05, 3.63) is 78.8 Å². The number of benzene rings is 2. The molecule has 0 saturated carbocycles. The highest BCUT2D eigenvalue weighted by atomic mass is 32.2. The molecule has 9 heteroatoms. The molecule has 8 nitrogen and oxygen atoms in total. The molecular formula is C22H20N4O4S. The van der Waals surface area contributed by atoms with E-state index in [9.17, 15) is 13.2 Å². The summed E-state index contributed by atoms with van der Waals surface area (Å²) in [5, 5.41) is 2.76. The number of hydrogen-bond donors (Lipinski definition) is 1. The average molecular weight is 436 g/mol. The van der Waals surface area contributed by atoms with Gasteiger partial charge in [-0.15, -0.1) is 0 Å². The Labute approximate surface area is 179 Å². The van der Waals surface area contributed by atoms with Gasteiger partial charge in [-0.2, -0.15) is 0 Å². The van der Waals surface area contributed by atoms with Gasteiger partial charge in [-0.1, -0.05) is 12.1 Å². The van der Waals surface area contributed by atoms with Crippen LogP contribution in [0.3, 0.4) is 0 Å². The van der Waals surface area contributed by atoms with Crippen LogP contribution in [0.2, 0.25) is 0 Å². The minimum Gasteiger partial charge on any atom is -0.384 e. The van der Waals surface area contributed by atoms with Crippen LogP contribution in [0.15, 0.2) is 78.1 Å². The summed E-state index contributed by atoms with van der Waals surface area (Å²) in [6.07, 6.45) is 3.26. The molecule has 0 saturated heterocycles. The van der Waals surface area contributed by atoms with Crippen molar-refractivity contribution in [2.45, 2.75) is 4.90 Å². The fraction of sp³-hybridized carbons (Fsp3) is 0.136. The number of para-hydroxylation sites is 2. The summed E-state index contributed by atoms with van der Waals surface area (Å²) in [6, 6.07) is 17.1. The van der Waals surface area contributed by atoms with Crippen molar-refractivity contribution in [3.63, 3.8) is 0 Å². The number of ether oxygens (including phenoxy) is 1. The van der Waals surface area contributed by atoms with Gasteiger partial charge in [-0.25, -0.2) is 18.4 Å². The van der Waals surface area contributed by atoms with Crippen molar-refractivity contribution < 1.29 is 17.9 Å². The SMILES string of the molecule is COCCS(=O)(=O)c1ccc(C(=O)Nc2ccc(-n3cnc4ccccc43)nc2)cc1. The van der Waals surface area contributed by atoms with Crippen LogP contribution in [0.1, 0.15) is 10.4 Å². The maximum absolute atomic E-state index is 12.5. The van der Waals surface area contributed by atoms with Gasteiger partial charge < -0.3 is 10.1 Å². The summed E-state index contributed by atoms with van der Waals surface area (Å²) >= 11 is 0. The van der Waals surface area contributed by atoms with E-state index in [1.54, 1.807) is 24.7 Å². The molecule has 0 atom stereocenters. The topological polar surface area (TPSA) is 103 Å². The molecule has 1 amide bonds. The van der Waals surface area contributed by atoms with Gasteiger partial charge in [-0.05, 0) is 48.5 Å². The zero-order valence-corrected chi connectivity index (χ0v) is 17.5. The van der Waals surface area contributed by atoms with E-state index in [-0.39, 0.29) is 23.2 Å². The lowest BCUT2D eigenvalue weighted by Crippen LogP contribution is -2.14. The van der Waals surface area contributed by atoms with Crippen LogP contribution in [-0.2, 0) is 14.6 Å². The Hall–Kier alpha value is -3.56. The monoisotopic (exact) mass is 436 g/mol. The van der Waals surface area contributed by atoms with Gasteiger partial charge in [0.1, 0.15) is 12.1 Å². The highest BCUT2D eigenvalue weighted by molar-refractivity contribution is 7.91. The van der Waals surface area contributed by atoms with E-state index < -0.39 is 9.84 Å². The number of hydrogen-bond acceptors (Lipinski definition) is 6. The number of carbonyl (C=O) groups is 1. The third-order valence-electron chi connectivity index (χ3n) is 4.74. The Morgan fingerprint density at radius 2 is 1.81 bits per heavy atom. The number of fused-ring (bicyclic) bond motifs is 1. The first-order valence-electron chi connectivity index (χ1n) is 9.49. The Morgan fingerprint density at radius 1 is 1.03 bits per heavy atom. The number of nitrogens with zero attached hydrogens (tertiary/aromatic N) is 3. The second-order valence-corrected chi connectivity index (χ2v) is 8.91. The van der Waals surface area contributed by atoms with Crippen molar-refractivity contribution in [1.29, 1.82) is 0 Å². The van der Waals surface area contributed by atoms with Crippen LogP contribution in [-0.4, -0.2) is 48.3 Å². The van der Waals surface area contributed by atoms with E-state index in [1.807, 2.05) is 28.8 Å². The van der Waals surface area contributed by atoms with Crippen LogP contribution in [0.4, 0.5) is 5.69 Å². The minimum absolute atomic E-state index is 0.112. The molecule has 31 heavy (non-hydrogen) atoms. The summed E-state index contributed by atoms with van der Waals surface area (Å²) in [5.74, 6) is 0.208. The van der Waals surface area contributed by atoms with Gasteiger partial charge in [-0.3, -0.25) is 9.36 Å². The highest BCUT2D eigenvalue weighted by Crippen LogP contribution is 2.18. The molecule has 0 fully saturated rings. The lowest BCUT2D eigenvalue weighted by molar-refractivity contribution is 0.102. The fourth-order valence-electron chi connectivity index (χ4n) is 3.07. The maximum atomic E-state index is 12.5. The van der Waals surface area contributed by atoms with Crippen molar-refractivity contribution in [1.82, 2.24) is 14.5 Å². The number of methoxy groups -OCH3 is 1. The van der Waals surface area contributed by atoms with E-state index in [1.165, 1.54) is 31.4 Å². The molecule has 1 N–H and O–H groups in total. The molecule has 2 heterocycles. The zero-order valence-electron chi connectivity index (χ0n) is 16.7. The van der Waals surface area contributed by atoms with E-state index in [0.29, 0.717) is 17.1 Å². The van der Waals surface area contributed by atoms with Crippen LogP contribution in [0.5, 0.6) is 0 Å².